The number of aromatic nitrogens is 1. The van der Waals surface area contributed by atoms with E-state index in [4.69, 9.17) is 30.5 Å². The number of rotatable bonds is 5. The lowest BCUT2D eigenvalue weighted by Crippen LogP contribution is -2.60. The number of pyridine rings is 1. The van der Waals surface area contributed by atoms with Crippen molar-refractivity contribution < 1.29 is 18.9 Å². The molecule has 1 aromatic heterocycles. The largest absolute Gasteiger partial charge is 0.377 e. The van der Waals surface area contributed by atoms with Crippen molar-refractivity contribution in [2.24, 2.45) is 5.11 Å². The van der Waals surface area contributed by atoms with Gasteiger partial charge in [0.1, 0.15) is 29.8 Å². The molecule has 2 fully saturated rings. The molecule has 11 heteroatoms. The molecule has 4 rings (SSSR count). The summed E-state index contributed by atoms with van der Waals surface area (Å²) in [4.78, 5) is 7.60. The van der Waals surface area contributed by atoms with Gasteiger partial charge in [-0.15, -0.1) is 0 Å². The molecule has 2 aliphatic rings. The molecule has 160 valence electrons. The summed E-state index contributed by atoms with van der Waals surface area (Å²) in [6.45, 7) is 0.244. The average Bonchev–Trinajstić information content (AvgIpc) is 2.80. The molecule has 31 heavy (non-hydrogen) atoms. The summed E-state index contributed by atoms with van der Waals surface area (Å²) >= 11 is 7.30. The van der Waals surface area contributed by atoms with Gasteiger partial charge < -0.3 is 18.9 Å². The third kappa shape index (κ3) is 4.63. The molecule has 2 aliphatic heterocycles. The van der Waals surface area contributed by atoms with E-state index in [0.717, 1.165) is 5.56 Å². The number of methoxy groups -OCH3 is 1. The van der Waals surface area contributed by atoms with Gasteiger partial charge in [0, 0.05) is 28.7 Å². The number of azide groups is 1. The molecule has 0 N–H and O–H groups in total. The zero-order chi connectivity index (χ0) is 21.8. The molecule has 1 aromatic carbocycles. The van der Waals surface area contributed by atoms with Crippen LogP contribution >= 0.6 is 23.4 Å². The lowest BCUT2D eigenvalue weighted by Gasteiger charge is -2.47. The van der Waals surface area contributed by atoms with E-state index in [1.54, 1.807) is 6.07 Å². The number of ether oxygens (including phenoxy) is 4. The van der Waals surface area contributed by atoms with Crippen molar-refractivity contribution in [3.8, 4) is 6.07 Å². The molecule has 0 amide bonds. The van der Waals surface area contributed by atoms with Gasteiger partial charge in [0.2, 0.25) is 0 Å². The van der Waals surface area contributed by atoms with Crippen LogP contribution in [0.2, 0.25) is 5.02 Å². The van der Waals surface area contributed by atoms with Crippen LogP contribution in [0.3, 0.4) is 0 Å². The van der Waals surface area contributed by atoms with E-state index in [2.05, 4.69) is 15.0 Å². The van der Waals surface area contributed by atoms with E-state index in [1.807, 2.05) is 36.4 Å². The lowest BCUT2D eigenvalue weighted by molar-refractivity contribution is -0.298. The van der Waals surface area contributed by atoms with E-state index >= 15 is 0 Å². The molecular weight excluding hydrogens is 442 g/mol. The second kappa shape index (κ2) is 9.85. The van der Waals surface area contributed by atoms with Crippen molar-refractivity contribution in [2.45, 2.75) is 41.0 Å². The number of thioether (sulfide) groups is 1. The Balaban J connectivity index is 1.60. The molecule has 0 radical (unpaired) electrons. The number of nitriles is 1. The predicted octanol–water partition coefficient (Wildman–Crippen LogP) is 4.23. The van der Waals surface area contributed by atoms with Gasteiger partial charge in [-0.05, 0) is 11.6 Å². The predicted molar refractivity (Wildman–Crippen MR) is 112 cm³/mol. The van der Waals surface area contributed by atoms with Gasteiger partial charge in [-0.2, -0.15) is 5.26 Å². The normalized spacial score (nSPS) is 30.0. The first-order chi connectivity index (χ1) is 15.1. The molecule has 6 atom stereocenters. The van der Waals surface area contributed by atoms with Crippen molar-refractivity contribution in [1.82, 2.24) is 4.98 Å². The average molecular weight is 460 g/mol. The molecule has 0 aliphatic carbocycles. The van der Waals surface area contributed by atoms with Crippen molar-refractivity contribution in [1.29, 1.82) is 5.26 Å². The molecule has 2 saturated heterocycles. The molecular formula is C20H18ClN5O4S. The molecule has 2 aromatic rings. The van der Waals surface area contributed by atoms with Crippen LogP contribution in [0.15, 0.2) is 52.6 Å². The van der Waals surface area contributed by atoms with Crippen molar-refractivity contribution in [3.05, 3.63) is 69.3 Å². The van der Waals surface area contributed by atoms with Gasteiger partial charge in [-0.1, -0.05) is 58.8 Å². The first kappa shape index (κ1) is 21.9. The van der Waals surface area contributed by atoms with Crippen LogP contribution in [0.4, 0.5) is 0 Å². The maximum absolute atomic E-state index is 9.38. The fraction of sp³-hybridized carbons (Fsp3) is 0.400. The van der Waals surface area contributed by atoms with Gasteiger partial charge in [-0.25, -0.2) is 4.98 Å². The Morgan fingerprint density at radius 2 is 2.16 bits per heavy atom. The van der Waals surface area contributed by atoms with Crippen LogP contribution in [0, 0.1) is 11.3 Å². The number of hydrogen-bond donors (Lipinski definition) is 0. The summed E-state index contributed by atoms with van der Waals surface area (Å²) in [5.41, 5.74) is 9.67. The van der Waals surface area contributed by atoms with Crippen LogP contribution in [-0.2, 0) is 18.9 Å². The molecule has 9 nitrogen and oxygen atoms in total. The number of benzene rings is 1. The smallest absolute Gasteiger partial charge is 0.184 e. The number of hydrogen-bond acceptors (Lipinski definition) is 8. The van der Waals surface area contributed by atoms with Gasteiger partial charge in [0.15, 0.2) is 12.0 Å². The molecule has 3 heterocycles. The summed E-state index contributed by atoms with van der Waals surface area (Å²) in [5.74, 6) is 0. The Bertz CT molecular complexity index is 1020. The van der Waals surface area contributed by atoms with Gasteiger partial charge in [-0.3, -0.25) is 0 Å². The van der Waals surface area contributed by atoms with Crippen LogP contribution < -0.4 is 0 Å². The summed E-state index contributed by atoms with van der Waals surface area (Å²) in [6, 6.07) is 12.5. The topological polar surface area (TPSA) is 122 Å². The SMILES string of the molecule is CO[C@@H]1C(N=[N+]=[N-])[C@H]2OC(c3ccccc3)OCC2O[C@@H]1Sc1cc(Cl)cnc1C#N. The summed E-state index contributed by atoms with van der Waals surface area (Å²) in [5, 5.41) is 13.7. The van der Waals surface area contributed by atoms with Crippen molar-refractivity contribution in [3.63, 3.8) is 0 Å². The minimum atomic E-state index is -0.668. The quantitative estimate of drug-likeness (QED) is 0.372. The first-order valence-corrected chi connectivity index (χ1v) is 10.7. The highest BCUT2D eigenvalue weighted by molar-refractivity contribution is 7.99. The zero-order valence-electron chi connectivity index (χ0n) is 16.4. The van der Waals surface area contributed by atoms with E-state index in [0.29, 0.717) is 9.92 Å². The maximum atomic E-state index is 9.38. The van der Waals surface area contributed by atoms with Crippen LogP contribution in [0.25, 0.3) is 10.4 Å². The summed E-state index contributed by atoms with van der Waals surface area (Å²) in [7, 11) is 1.51. The van der Waals surface area contributed by atoms with Gasteiger partial charge >= 0.3 is 0 Å². The standard InChI is InChI=1S/C20H18ClN5O4S/c1-27-18-16(25-26-23)17-14(10-28-19(30-17)11-5-3-2-4-6-11)29-20(18)31-15-7-12(21)9-24-13(15)8-22/h2-7,9,14,16-20H,10H2,1H3/t14?,16?,17-,18+,19?,20+/m0/s1. The van der Waals surface area contributed by atoms with Gasteiger partial charge in [0.05, 0.1) is 17.7 Å². The van der Waals surface area contributed by atoms with E-state index in [-0.39, 0.29) is 12.3 Å². The third-order valence-corrected chi connectivity index (χ3v) is 6.39. The molecule has 0 spiro atoms. The minimum Gasteiger partial charge on any atom is -0.377 e. The van der Waals surface area contributed by atoms with Crippen LogP contribution in [0.5, 0.6) is 0 Å². The molecule has 0 saturated carbocycles. The van der Waals surface area contributed by atoms with Crippen LogP contribution in [-0.4, -0.2) is 48.5 Å². The fourth-order valence-corrected chi connectivity index (χ4v) is 5.08. The van der Waals surface area contributed by atoms with Crippen molar-refractivity contribution in [2.75, 3.05) is 13.7 Å². The summed E-state index contributed by atoms with van der Waals surface area (Å²) in [6.07, 6.45) is -0.888. The fourth-order valence-electron chi connectivity index (χ4n) is 3.60. The van der Waals surface area contributed by atoms with E-state index in [9.17, 15) is 10.8 Å². The highest BCUT2D eigenvalue weighted by atomic mass is 35.5. The lowest BCUT2D eigenvalue weighted by atomic mass is 9.96. The van der Waals surface area contributed by atoms with Gasteiger partial charge in [0.25, 0.3) is 0 Å². The number of fused-ring (bicyclic) bond motifs is 1. The first-order valence-electron chi connectivity index (χ1n) is 9.41. The highest BCUT2D eigenvalue weighted by Gasteiger charge is 2.50. The van der Waals surface area contributed by atoms with Crippen LogP contribution in [0.1, 0.15) is 17.5 Å². The maximum Gasteiger partial charge on any atom is 0.184 e. The monoisotopic (exact) mass is 459 g/mol. The Kier molecular flexibility index (Phi) is 6.95. The third-order valence-electron chi connectivity index (χ3n) is 5.01. The second-order valence-corrected chi connectivity index (χ2v) is 8.42. The Hall–Kier alpha value is -2.35. The Morgan fingerprint density at radius 1 is 1.35 bits per heavy atom. The Morgan fingerprint density at radius 3 is 2.87 bits per heavy atom. The van der Waals surface area contributed by atoms with Crippen molar-refractivity contribution >= 4 is 23.4 Å². The number of halogens is 1. The van der Waals surface area contributed by atoms with E-state index in [1.165, 1.54) is 25.1 Å². The highest BCUT2D eigenvalue weighted by Crippen LogP contribution is 2.41. The molecule has 0 bridgehead atoms. The zero-order valence-corrected chi connectivity index (χ0v) is 17.9. The van der Waals surface area contributed by atoms with E-state index < -0.39 is 36.1 Å². The summed E-state index contributed by atoms with van der Waals surface area (Å²) < 4.78 is 23.9. The molecule has 3 unspecified atom stereocenters. The Labute approximate surface area is 187 Å². The minimum absolute atomic E-state index is 0.218. The number of nitrogens with zero attached hydrogens (tertiary/aromatic N) is 5. The second-order valence-electron chi connectivity index (χ2n) is 6.85.